The molecule has 0 N–H and O–H groups in total. The standard InChI is InChI=1S/CHF3.CHN.2BF4/c2-1(3)4;1-2;2*2-1(3,4)5/h1H;1H;;/q;;2*-1. The summed E-state index contributed by atoms with van der Waals surface area (Å²) in [6.45, 7) is -0.167. The van der Waals surface area contributed by atoms with Gasteiger partial charge in [0.2, 0.25) is 0 Å². The Morgan fingerprint density at radius 1 is 0.625 bits per heavy atom. The van der Waals surface area contributed by atoms with Crippen molar-refractivity contribution >= 4 is 14.5 Å². The van der Waals surface area contributed by atoms with Crippen LogP contribution in [-0.4, -0.2) is 21.2 Å². The summed E-state index contributed by atoms with van der Waals surface area (Å²) < 4.78 is 107. The van der Waals surface area contributed by atoms with E-state index in [1.165, 1.54) is 0 Å². The van der Waals surface area contributed by atoms with Crippen LogP contribution < -0.4 is 0 Å². The molecule has 0 aromatic carbocycles. The molecule has 0 rings (SSSR count). The maximum Gasteiger partial charge on any atom is 0.673 e. The molecule has 1 nitrogen and oxygen atoms in total. The Hall–Kier alpha value is -1.15. The summed E-state index contributed by atoms with van der Waals surface area (Å²) in [5.74, 6) is 0. The van der Waals surface area contributed by atoms with E-state index in [-0.39, 0.29) is 0 Å². The van der Waals surface area contributed by atoms with Crippen LogP contribution in [0.4, 0.5) is 47.7 Å². The molecular weight excluding hydrogens is 269 g/mol. The number of halogens is 11. The Morgan fingerprint density at radius 2 is 0.625 bits per heavy atom. The molecule has 0 heterocycles. The van der Waals surface area contributed by atoms with Crippen molar-refractivity contribution in [2.45, 2.75) is 6.68 Å². The number of alkyl halides is 3. The Bertz CT molecular complexity index is 120. The second-order valence-corrected chi connectivity index (χ2v) is 1.24. The van der Waals surface area contributed by atoms with E-state index in [4.69, 9.17) is 5.26 Å². The molecule has 0 bridgehead atoms. The molecule has 0 radical (unpaired) electrons. The van der Waals surface area contributed by atoms with Crippen molar-refractivity contribution in [2.24, 2.45) is 0 Å². The SMILES string of the molecule is C#N.FC(F)F.F[B-](F)(F)F.F[B-](F)(F)F. The van der Waals surface area contributed by atoms with Gasteiger partial charge in [-0.15, -0.1) is 0 Å². The van der Waals surface area contributed by atoms with Gasteiger partial charge >= 0.3 is 21.2 Å². The van der Waals surface area contributed by atoms with Gasteiger partial charge in [0.05, 0.1) is 0 Å². The molecule has 0 atom stereocenters. The average Bonchev–Trinajstić information content (AvgIpc) is 1.80. The normalized spacial score (nSPS) is 9.88. The fraction of sp³-hybridized carbons (Fsp3) is 0.500. The van der Waals surface area contributed by atoms with Crippen LogP contribution in [-0.2, 0) is 0 Å². The number of hydrogen-bond acceptors (Lipinski definition) is 1. The zero-order chi connectivity index (χ0) is 14.6. The highest BCUT2D eigenvalue weighted by Crippen LogP contribution is 2.07. The van der Waals surface area contributed by atoms with E-state index in [0.717, 1.165) is 0 Å². The maximum absolute atomic E-state index is 9.75. The molecule has 0 aromatic rings. The monoisotopic (exact) mass is 271 g/mol. The molecule has 0 saturated carbocycles. The number of hydrogen-bond donors (Lipinski definition) is 0. The Balaban J connectivity index is -0.0000000629. The summed E-state index contributed by atoms with van der Waals surface area (Å²) in [5.41, 5.74) is 0. The lowest BCUT2D eigenvalue weighted by molar-refractivity contribution is 0.00818. The predicted molar refractivity (Wildman–Crippen MR) is 34.2 cm³/mol. The lowest BCUT2D eigenvalue weighted by atomic mass is 10.3. The first-order valence-corrected chi connectivity index (χ1v) is 2.66. The van der Waals surface area contributed by atoms with Crippen LogP contribution in [0, 0.1) is 11.8 Å². The first kappa shape index (κ1) is 24.2. The van der Waals surface area contributed by atoms with Crippen LogP contribution in [0.5, 0.6) is 0 Å². The molecule has 0 aliphatic heterocycles. The van der Waals surface area contributed by atoms with Crippen molar-refractivity contribution in [3.05, 3.63) is 0 Å². The maximum atomic E-state index is 9.75. The zero-order valence-corrected chi connectivity index (χ0v) is 6.91. The van der Waals surface area contributed by atoms with Crippen LogP contribution in [0.2, 0.25) is 0 Å². The van der Waals surface area contributed by atoms with E-state index in [0.29, 0.717) is 0 Å². The molecule has 100 valence electrons. The third-order valence-corrected chi connectivity index (χ3v) is 0. The molecule has 16 heavy (non-hydrogen) atoms. The van der Waals surface area contributed by atoms with Gasteiger partial charge in [0, 0.05) is 6.57 Å². The van der Waals surface area contributed by atoms with Gasteiger partial charge in [0.1, 0.15) is 0 Å². The van der Waals surface area contributed by atoms with Crippen molar-refractivity contribution < 1.29 is 47.7 Å². The highest BCUT2D eigenvalue weighted by molar-refractivity contribution is 6.50. The molecular formula is C2H2B2F11N-2. The molecule has 0 aliphatic rings. The highest BCUT2D eigenvalue weighted by atomic mass is 19.5. The summed E-state index contributed by atoms with van der Waals surface area (Å²) in [7, 11) is -12.0. The number of nitrogens with zero attached hydrogens (tertiary/aromatic N) is 1. The van der Waals surface area contributed by atoms with Crippen molar-refractivity contribution in [2.75, 3.05) is 0 Å². The summed E-state index contributed by atoms with van der Waals surface area (Å²) >= 11 is 0. The fourth-order valence-corrected chi connectivity index (χ4v) is 0. The van der Waals surface area contributed by atoms with Crippen molar-refractivity contribution in [3.8, 4) is 6.57 Å². The van der Waals surface area contributed by atoms with Crippen LogP contribution in [0.15, 0.2) is 0 Å². The highest BCUT2D eigenvalue weighted by Gasteiger charge is 2.21. The Morgan fingerprint density at radius 3 is 0.625 bits per heavy atom. The van der Waals surface area contributed by atoms with Crippen molar-refractivity contribution in [1.82, 2.24) is 0 Å². The summed E-state index contributed by atoms with van der Waals surface area (Å²) in [4.78, 5) is 0. The van der Waals surface area contributed by atoms with Crippen molar-refractivity contribution in [3.63, 3.8) is 0 Å². The first-order valence-electron chi connectivity index (χ1n) is 2.66. The minimum absolute atomic E-state index is 3.50. The molecule has 0 aromatic heterocycles. The van der Waals surface area contributed by atoms with Gasteiger partial charge in [0.25, 0.3) is 0 Å². The van der Waals surface area contributed by atoms with Crippen LogP contribution in [0.1, 0.15) is 0 Å². The van der Waals surface area contributed by atoms with E-state index in [1.54, 1.807) is 0 Å². The molecule has 0 saturated heterocycles. The summed E-state index contributed by atoms with van der Waals surface area (Å²) in [6.07, 6.45) is 0. The zero-order valence-electron chi connectivity index (χ0n) is 6.91. The minimum atomic E-state index is -6.00. The van der Waals surface area contributed by atoms with E-state index < -0.39 is 21.2 Å². The van der Waals surface area contributed by atoms with Crippen LogP contribution >= 0.6 is 0 Å². The molecule has 0 amide bonds. The Kier molecular flexibility index (Phi) is 18.0. The van der Waals surface area contributed by atoms with E-state index in [2.05, 4.69) is 6.57 Å². The van der Waals surface area contributed by atoms with Gasteiger partial charge in [-0.25, -0.2) is 5.26 Å². The van der Waals surface area contributed by atoms with Gasteiger partial charge in [-0.05, 0) is 0 Å². The van der Waals surface area contributed by atoms with Gasteiger partial charge in [-0.1, -0.05) is 0 Å². The quantitative estimate of drug-likeness (QED) is 0.483. The molecule has 14 heteroatoms. The molecule has 0 spiro atoms. The van der Waals surface area contributed by atoms with Gasteiger partial charge in [0.15, 0.2) is 0 Å². The fourth-order valence-electron chi connectivity index (χ4n) is 0. The van der Waals surface area contributed by atoms with Crippen molar-refractivity contribution in [1.29, 1.82) is 5.26 Å². The minimum Gasteiger partial charge on any atom is -0.418 e. The predicted octanol–water partition coefficient (Wildman–Crippen LogP) is 3.92. The van der Waals surface area contributed by atoms with Gasteiger partial charge in [-0.3, -0.25) is 0 Å². The van der Waals surface area contributed by atoms with Crippen LogP contribution in [0.25, 0.3) is 0 Å². The smallest absolute Gasteiger partial charge is 0.418 e. The summed E-state index contributed by atoms with van der Waals surface area (Å²) in [5, 5.41) is 6.50. The lowest BCUT2D eigenvalue weighted by Gasteiger charge is -1.94. The van der Waals surface area contributed by atoms with Gasteiger partial charge in [-0.2, -0.15) is 13.2 Å². The largest absolute Gasteiger partial charge is 0.673 e. The van der Waals surface area contributed by atoms with E-state index >= 15 is 0 Å². The van der Waals surface area contributed by atoms with E-state index in [1.807, 2.05) is 0 Å². The Labute approximate surface area is 82.0 Å². The third-order valence-electron chi connectivity index (χ3n) is 0. The second-order valence-electron chi connectivity index (χ2n) is 1.24. The lowest BCUT2D eigenvalue weighted by Crippen LogP contribution is -2.02. The molecule has 0 aliphatic carbocycles. The van der Waals surface area contributed by atoms with Gasteiger partial charge < -0.3 is 34.5 Å². The topological polar surface area (TPSA) is 23.8 Å². The van der Waals surface area contributed by atoms with Crippen LogP contribution in [0.3, 0.4) is 0 Å². The third kappa shape index (κ3) is 1360. The second kappa shape index (κ2) is 11.9. The first-order chi connectivity index (χ1) is 6.73. The average molecular weight is 271 g/mol. The summed E-state index contributed by atoms with van der Waals surface area (Å²) in [6, 6.07) is 0. The molecule has 0 fully saturated rings. The van der Waals surface area contributed by atoms with E-state index in [9.17, 15) is 47.7 Å². The molecule has 0 unspecified atom stereocenters. The number of nitriles is 1. The number of rotatable bonds is 0.